The Kier molecular flexibility index (Phi) is 4.92. The van der Waals surface area contributed by atoms with Gasteiger partial charge in [-0.2, -0.15) is 0 Å². The van der Waals surface area contributed by atoms with Crippen molar-refractivity contribution in [1.82, 2.24) is 0 Å². The average Bonchev–Trinajstić information content (AvgIpc) is 2.29. The third-order valence-corrected chi connectivity index (χ3v) is 2.26. The fourth-order valence-electron chi connectivity index (χ4n) is 1.50. The number of aromatic hydroxyl groups is 1. The van der Waals surface area contributed by atoms with Crippen molar-refractivity contribution >= 4 is 18.1 Å². The minimum atomic E-state index is -0.638. The number of phenols is 1. The summed E-state index contributed by atoms with van der Waals surface area (Å²) >= 11 is 0. The molecule has 0 atom stereocenters. The molecule has 0 aromatic heterocycles. The lowest BCUT2D eigenvalue weighted by Gasteiger charge is -2.27. The molecule has 0 radical (unpaired) electrons. The lowest BCUT2D eigenvalue weighted by molar-refractivity contribution is -0.107. The van der Waals surface area contributed by atoms with Gasteiger partial charge in [-0.1, -0.05) is 12.1 Å². The normalized spacial score (nSPS) is 10.9. The van der Waals surface area contributed by atoms with Crippen LogP contribution in [0.25, 0.3) is 0 Å². The van der Waals surface area contributed by atoms with Crippen molar-refractivity contribution in [3.63, 3.8) is 0 Å². The highest BCUT2D eigenvalue weighted by molar-refractivity contribution is 5.90. The Morgan fingerprint density at radius 3 is 2.53 bits per heavy atom. The van der Waals surface area contributed by atoms with E-state index in [1.807, 2.05) is 0 Å². The summed E-state index contributed by atoms with van der Waals surface area (Å²) in [5.74, 6) is -0.0285. The Morgan fingerprint density at radius 1 is 1.37 bits per heavy atom. The van der Waals surface area contributed by atoms with Crippen LogP contribution in [0.5, 0.6) is 5.75 Å². The van der Waals surface area contributed by atoms with Crippen LogP contribution < -0.4 is 4.90 Å². The molecule has 5 heteroatoms. The number of aldehydes is 1. The van der Waals surface area contributed by atoms with Crippen LogP contribution in [0, 0.1) is 0 Å². The summed E-state index contributed by atoms with van der Waals surface area (Å²) in [6.07, 6.45) is 0.307. The highest BCUT2D eigenvalue weighted by Gasteiger charge is 2.24. The van der Waals surface area contributed by atoms with Crippen LogP contribution in [0.2, 0.25) is 0 Å². The fraction of sp³-hybridized carbons (Fsp3) is 0.429. The number of phenolic OH excluding ortho intramolecular Hbond substituents is 1. The van der Waals surface area contributed by atoms with E-state index in [2.05, 4.69) is 0 Å². The second-order valence-corrected chi connectivity index (χ2v) is 5.08. The number of para-hydroxylation sites is 2. The number of nitrogens with zero attached hydrogens (tertiary/aromatic N) is 1. The smallest absolute Gasteiger partial charge is 0.414 e. The molecule has 0 saturated heterocycles. The van der Waals surface area contributed by atoms with Crippen molar-refractivity contribution in [3.05, 3.63) is 24.3 Å². The molecule has 5 nitrogen and oxygen atoms in total. The molecule has 19 heavy (non-hydrogen) atoms. The van der Waals surface area contributed by atoms with E-state index in [1.54, 1.807) is 39.0 Å². The highest BCUT2D eigenvalue weighted by Crippen LogP contribution is 2.27. The van der Waals surface area contributed by atoms with Gasteiger partial charge in [0.25, 0.3) is 0 Å². The van der Waals surface area contributed by atoms with Gasteiger partial charge in [0.15, 0.2) is 0 Å². The summed E-state index contributed by atoms with van der Waals surface area (Å²) in [6.45, 7) is 5.44. The standard InChI is InChI=1S/C14H19NO4/c1-14(2,3)19-13(18)15(9-6-10-16)11-7-4-5-8-12(11)17/h4-5,7-8,10,17H,6,9H2,1-3H3. The predicted octanol–water partition coefficient (Wildman–Crippen LogP) is 2.72. The molecule has 1 amide bonds. The number of carbonyl (C=O) groups is 2. The molecular weight excluding hydrogens is 246 g/mol. The monoisotopic (exact) mass is 265 g/mol. The van der Waals surface area contributed by atoms with Crippen LogP contribution in [-0.2, 0) is 9.53 Å². The first-order chi connectivity index (χ1) is 8.85. The van der Waals surface area contributed by atoms with E-state index in [4.69, 9.17) is 4.74 Å². The average molecular weight is 265 g/mol. The highest BCUT2D eigenvalue weighted by atomic mass is 16.6. The third kappa shape index (κ3) is 4.62. The Morgan fingerprint density at radius 2 is 2.00 bits per heavy atom. The quantitative estimate of drug-likeness (QED) is 0.850. The Bertz CT molecular complexity index is 451. The molecule has 0 aliphatic rings. The van der Waals surface area contributed by atoms with Crippen LogP contribution in [-0.4, -0.2) is 29.6 Å². The molecule has 0 aliphatic heterocycles. The van der Waals surface area contributed by atoms with E-state index in [1.165, 1.54) is 11.0 Å². The van der Waals surface area contributed by atoms with E-state index in [-0.39, 0.29) is 18.7 Å². The summed E-state index contributed by atoms with van der Waals surface area (Å²) in [4.78, 5) is 23.8. The molecule has 0 aliphatic carbocycles. The number of amides is 1. The topological polar surface area (TPSA) is 66.8 Å². The van der Waals surface area contributed by atoms with E-state index in [9.17, 15) is 14.7 Å². The number of benzene rings is 1. The predicted molar refractivity (Wildman–Crippen MR) is 72.4 cm³/mol. The van der Waals surface area contributed by atoms with E-state index in [0.29, 0.717) is 5.69 Å². The summed E-state index contributed by atoms with van der Waals surface area (Å²) in [5.41, 5.74) is -0.306. The Labute approximate surface area is 112 Å². The van der Waals surface area contributed by atoms with E-state index in [0.717, 1.165) is 6.29 Å². The van der Waals surface area contributed by atoms with E-state index >= 15 is 0 Å². The second kappa shape index (κ2) is 6.22. The minimum Gasteiger partial charge on any atom is -0.506 e. The summed E-state index contributed by atoms with van der Waals surface area (Å²) < 4.78 is 5.27. The van der Waals surface area contributed by atoms with Crippen molar-refractivity contribution in [2.75, 3.05) is 11.4 Å². The van der Waals surface area contributed by atoms with Gasteiger partial charge in [-0.05, 0) is 32.9 Å². The van der Waals surface area contributed by atoms with Gasteiger partial charge < -0.3 is 14.6 Å². The lowest BCUT2D eigenvalue weighted by atomic mass is 10.2. The maximum absolute atomic E-state index is 12.1. The molecule has 0 fully saturated rings. The number of carbonyl (C=O) groups excluding carboxylic acids is 2. The molecule has 1 aromatic carbocycles. The Hall–Kier alpha value is -2.04. The van der Waals surface area contributed by atoms with Gasteiger partial charge in [0.05, 0.1) is 5.69 Å². The SMILES string of the molecule is CC(C)(C)OC(=O)N(CCC=O)c1ccccc1O. The molecule has 0 heterocycles. The third-order valence-electron chi connectivity index (χ3n) is 2.26. The van der Waals surface area contributed by atoms with Crippen molar-refractivity contribution < 1.29 is 19.4 Å². The molecule has 0 unspecified atom stereocenters. The summed E-state index contributed by atoms with van der Waals surface area (Å²) in [5, 5.41) is 9.79. The number of anilines is 1. The minimum absolute atomic E-state index is 0.0285. The van der Waals surface area contributed by atoms with Crippen molar-refractivity contribution in [2.24, 2.45) is 0 Å². The lowest BCUT2D eigenvalue weighted by Crippen LogP contribution is -2.37. The van der Waals surface area contributed by atoms with Gasteiger partial charge in [-0.25, -0.2) is 4.79 Å². The van der Waals surface area contributed by atoms with Crippen LogP contribution >= 0.6 is 0 Å². The zero-order valence-electron chi connectivity index (χ0n) is 11.4. The van der Waals surface area contributed by atoms with Gasteiger partial charge >= 0.3 is 6.09 Å². The van der Waals surface area contributed by atoms with Crippen LogP contribution in [0.1, 0.15) is 27.2 Å². The maximum Gasteiger partial charge on any atom is 0.414 e. The fourth-order valence-corrected chi connectivity index (χ4v) is 1.50. The number of hydrogen-bond acceptors (Lipinski definition) is 4. The molecule has 0 spiro atoms. The second-order valence-electron chi connectivity index (χ2n) is 5.08. The summed E-state index contributed by atoms with van der Waals surface area (Å²) in [7, 11) is 0. The number of rotatable bonds is 4. The Balaban J connectivity index is 2.98. The zero-order valence-corrected chi connectivity index (χ0v) is 11.4. The van der Waals surface area contributed by atoms with Crippen molar-refractivity contribution in [1.29, 1.82) is 0 Å². The van der Waals surface area contributed by atoms with E-state index < -0.39 is 11.7 Å². The molecule has 1 N–H and O–H groups in total. The molecule has 104 valence electrons. The first-order valence-electron chi connectivity index (χ1n) is 6.07. The molecule has 1 rings (SSSR count). The van der Waals surface area contributed by atoms with Gasteiger partial charge in [0.1, 0.15) is 17.6 Å². The molecule has 0 bridgehead atoms. The maximum atomic E-state index is 12.1. The van der Waals surface area contributed by atoms with Gasteiger partial charge in [-0.15, -0.1) is 0 Å². The van der Waals surface area contributed by atoms with Crippen molar-refractivity contribution in [3.8, 4) is 5.75 Å². The number of ether oxygens (including phenoxy) is 1. The number of hydrogen-bond donors (Lipinski definition) is 1. The zero-order chi connectivity index (χ0) is 14.5. The van der Waals surface area contributed by atoms with Crippen LogP contribution in [0.15, 0.2) is 24.3 Å². The largest absolute Gasteiger partial charge is 0.506 e. The molecular formula is C14H19NO4. The first-order valence-corrected chi connectivity index (χ1v) is 6.07. The van der Waals surface area contributed by atoms with Crippen molar-refractivity contribution in [2.45, 2.75) is 32.8 Å². The molecule has 0 saturated carbocycles. The molecule has 1 aromatic rings. The van der Waals surface area contributed by atoms with Gasteiger partial charge in [-0.3, -0.25) is 4.90 Å². The van der Waals surface area contributed by atoms with Gasteiger partial charge in [0, 0.05) is 13.0 Å². The van der Waals surface area contributed by atoms with Crippen LogP contribution in [0.4, 0.5) is 10.5 Å². The van der Waals surface area contributed by atoms with Gasteiger partial charge in [0.2, 0.25) is 0 Å². The summed E-state index contributed by atoms with van der Waals surface area (Å²) in [6, 6.07) is 6.44. The van der Waals surface area contributed by atoms with Crippen LogP contribution in [0.3, 0.4) is 0 Å². The first kappa shape index (κ1) is 15.0.